The van der Waals surface area contributed by atoms with Crippen LogP contribution in [0.2, 0.25) is 10.0 Å². The number of nitrogens with zero attached hydrogens (tertiary/aromatic N) is 2. The maximum Gasteiger partial charge on any atom is 0.263 e. The second-order valence-corrected chi connectivity index (χ2v) is 5.36. The molecule has 0 aliphatic heterocycles. The van der Waals surface area contributed by atoms with Crippen molar-refractivity contribution in [3.8, 4) is 17.2 Å². The average molecular weight is 370 g/mol. The molecule has 0 aliphatic carbocycles. The number of nitro benzene ring substituents is 1. The summed E-state index contributed by atoms with van der Waals surface area (Å²) in [7, 11) is 2.87. The molecule has 0 N–H and O–H groups in total. The summed E-state index contributed by atoms with van der Waals surface area (Å²) < 4.78 is 10.3. The van der Waals surface area contributed by atoms with Crippen molar-refractivity contribution in [3.05, 3.63) is 50.0 Å². The SMILES string of the molecule is COc1cc(N=Cc2cc(Cl)cc([N+](=O)[O-])c2[O-])c(OC)cc1Cl. The third kappa shape index (κ3) is 3.69. The molecule has 0 fully saturated rings. The zero-order valence-electron chi connectivity index (χ0n) is 12.6. The van der Waals surface area contributed by atoms with Gasteiger partial charge in [0.1, 0.15) is 17.2 Å². The van der Waals surface area contributed by atoms with Crippen molar-refractivity contribution in [1.29, 1.82) is 0 Å². The number of benzene rings is 2. The molecular formula is C15H11Cl2N2O5-. The number of methoxy groups -OCH3 is 2. The summed E-state index contributed by atoms with van der Waals surface area (Å²) in [6.45, 7) is 0. The van der Waals surface area contributed by atoms with Crippen molar-refractivity contribution >= 4 is 40.8 Å². The molecule has 0 aromatic heterocycles. The van der Waals surface area contributed by atoms with Crippen LogP contribution in [0.4, 0.5) is 11.4 Å². The monoisotopic (exact) mass is 369 g/mol. The molecule has 0 aliphatic rings. The third-order valence-corrected chi connectivity index (χ3v) is 3.57. The molecule has 0 radical (unpaired) electrons. The molecule has 126 valence electrons. The Hall–Kier alpha value is -2.51. The minimum atomic E-state index is -0.794. The number of aliphatic imine (C=N–C) groups is 1. The maximum atomic E-state index is 12.0. The number of halogens is 2. The Labute approximate surface area is 147 Å². The summed E-state index contributed by atoms with van der Waals surface area (Å²) in [5.74, 6) is -0.0712. The molecule has 0 saturated heterocycles. The molecule has 0 bridgehead atoms. The van der Waals surface area contributed by atoms with E-state index in [1.807, 2.05) is 0 Å². The molecule has 9 heteroatoms. The van der Waals surface area contributed by atoms with Crippen LogP contribution in [0.1, 0.15) is 5.56 Å². The molecule has 0 amide bonds. The van der Waals surface area contributed by atoms with Crippen molar-refractivity contribution < 1.29 is 19.5 Å². The van der Waals surface area contributed by atoms with E-state index >= 15 is 0 Å². The van der Waals surface area contributed by atoms with Gasteiger partial charge in [0.15, 0.2) is 0 Å². The summed E-state index contributed by atoms with van der Waals surface area (Å²) >= 11 is 11.8. The highest BCUT2D eigenvalue weighted by Crippen LogP contribution is 2.38. The fraction of sp³-hybridized carbons (Fsp3) is 0.133. The highest BCUT2D eigenvalue weighted by Gasteiger charge is 2.12. The number of hydrogen-bond donors (Lipinski definition) is 0. The lowest BCUT2D eigenvalue weighted by molar-refractivity contribution is -0.398. The standard InChI is InChI=1S/C15H12Cl2N2O5/c1-23-13-6-11(14(24-2)5-10(13)17)18-7-8-3-9(16)4-12(15(8)20)19(21)22/h3-7,20H,1-2H3/p-1. The highest BCUT2D eigenvalue weighted by molar-refractivity contribution is 6.32. The van der Waals surface area contributed by atoms with Crippen LogP contribution in [0.15, 0.2) is 29.3 Å². The van der Waals surface area contributed by atoms with Crippen LogP contribution in [0.5, 0.6) is 17.2 Å². The van der Waals surface area contributed by atoms with E-state index in [0.717, 1.165) is 6.07 Å². The molecule has 0 unspecified atom stereocenters. The van der Waals surface area contributed by atoms with Crippen molar-refractivity contribution in [1.82, 2.24) is 0 Å². The smallest absolute Gasteiger partial charge is 0.263 e. The van der Waals surface area contributed by atoms with Crippen molar-refractivity contribution in [2.75, 3.05) is 14.2 Å². The lowest BCUT2D eigenvalue weighted by Gasteiger charge is -2.12. The number of nitro groups is 1. The predicted molar refractivity (Wildman–Crippen MR) is 89.4 cm³/mol. The zero-order chi connectivity index (χ0) is 17.9. The first-order chi connectivity index (χ1) is 11.4. The Bertz CT molecular complexity index is 824. The lowest BCUT2D eigenvalue weighted by atomic mass is 10.2. The first-order valence-corrected chi connectivity index (χ1v) is 7.23. The summed E-state index contributed by atoms with van der Waals surface area (Å²) in [6, 6.07) is 5.31. The fourth-order valence-corrected chi connectivity index (χ4v) is 2.37. The summed E-state index contributed by atoms with van der Waals surface area (Å²) in [6.07, 6.45) is 1.17. The van der Waals surface area contributed by atoms with Gasteiger partial charge in [-0.3, -0.25) is 15.1 Å². The van der Waals surface area contributed by atoms with E-state index < -0.39 is 16.4 Å². The van der Waals surface area contributed by atoms with Crippen LogP contribution in [0.25, 0.3) is 0 Å². The van der Waals surface area contributed by atoms with E-state index in [1.165, 1.54) is 38.6 Å². The first-order valence-electron chi connectivity index (χ1n) is 6.48. The van der Waals surface area contributed by atoms with Gasteiger partial charge < -0.3 is 14.6 Å². The molecule has 7 nitrogen and oxygen atoms in total. The van der Waals surface area contributed by atoms with Crippen LogP contribution < -0.4 is 14.6 Å². The van der Waals surface area contributed by atoms with E-state index in [0.29, 0.717) is 22.2 Å². The molecule has 0 saturated carbocycles. The molecule has 2 rings (SSSR count). The number of hydrogen-bond acceptors (Lipinski definition) is 6. The Balaban J connectivity index is 2.50. The molecule has 2 aromatic rings. The molecular weight excluding hydrogens is 359 g/mol. The topological polar surface area (TPSA) is 97.0 Å². The van der Waals surface area contributed by atoms with E-state index in [1.54, 1.807) is 0 Å². The van der Waals surface area contributed by atoms with Crippen LogP contribution in [-0.4, -0.2) is 25.4 Å². The van der Waals surface area contributed by atoms with Crippen LogP contribution >= 0.6 is 23.2 Å². The van der Waals surface area contributed by atoms with Gasteiger partial charge >= 0.3 is 0 Å². The van der Waals surface area contributed by atoms with Gasteiger partial charge in [-0.1, -0.05) is 23.2 Å². The van der Waals surface area contributed by atoms with Gasteiger partial charge in [-0.15, -0.1) is 0 Å². The van der Waals surface area contributed by atoms with Gasteiger partial charge in [-0.25, -0.2) is 0 Å². The summed E-state index contributed by atoms with van der Waals surface area (Å²) in [5.41, 5.74) is -0.310. The Morgan fingerprint density at radius 1 is 1.12 bits per heavy atom. The van der Waals surface area contributed by atoms with Crippen LogP contribution in [0.3, 0.4) is 0 Å². The van der Waals surface area contributed by atoms with Gasteiger partial charge in [-0.05, 0) is 17.4 Å². The van der Waals surface area contributed by atoms with Crippen molar-refractivity contribution in [2.45, 2.75) is 0 Å². The number of rotatable bonds is 5. The Kier molecular flexibility index (Phi) is 5.48. The van der Waals surface area contributed by atoms with Crippen molar-refractivity contribution in [3.63, 3.8) is 0 Å². The van der Waals surface area contributed by atoms with Crippen molar-refractivity contribution in [2.24, 2.45) is 4.99 Å². The van der Waals surface area contributed by atoms with Gasteiger partial charge in [0.25, 0.3) is 5.69 Å². The minimum Gasteiger partial charge on any atom is -0.867 e. The van der Waals surface area contributed by atoms with Gasteiger partial charge in [0, 0.05) is 29.4 Å². The molecule has 0 atom stereocenters. The van der Waals surface area contributed by atoms with Crippen LogP contribution in [-0.2, 0) is 0 Å². The molecule has 24 heavy (non-hydrogen) atoms. The Morgan fingerprint density at radius 3 is 2.38 bits per heavy atom. The van der Waals surface area contributed by atoms with Gasteiger partial charge in [0.05, 0.1) is 24.2 Å². The van der Waals surface area contributed by atoms with E-state index in [9.17, 15) is 15.2 Å². The normalized spacial score (nSPS) is 10.8. The zero-order valence-corrected chi connectivity index (χ0v) is 14.1. The molecule has 2 aromatic carbocycles. The summed E-state index contributed by atoms with van der Waals surface area (Å²) in [5, 5.41) is 23.3. The third-order valence-electron chi connectivity index (χ3n) is 3.06. The molecule has 0 heterocycles. The van der Waals surface area contributed by atoms with E-state index in [-0.39, 0.29) is 10.6 Å². The fourth-order valence-electron chi connectivity index (χ4n) is 1.92. The quantitative estimate of drug-likeness (QED) is 0.454. The lowest BCUT2D eigenvalue weighted by Crippen LogP contribution is -2.02. The second kappa shape index (κ2) is 7.37. The largest absolute Gasteiger partial charge is 0.867 e. The van der Waals surface area contributed by atoms with Crippen LogP contribution in [0, 0.1) is 10.1 Å². The predicted octanol–water partition coefficient (Wildman–Crippen LogP) is 3.74. The average Bonchev–Trinajstić information content (AvgIpc) is 2.55. The molecule has 0 spiro atoms. The minimum absolute atomic E-state index is 0.0230. The summed E-state index contributed by atoms with van der Waals surface area (Å²) in [4.78, 5) is 14.2. The van der Waals surface area contributed by atoms with E-state index in [4.69, 9.17) is 32.7 Å². The first kappa shape index (κ1) is 17.8. The number of ether oxygens (including phenoxy) is 2. The maximum absolute atomic E-state index is 12.0. The highest BCUT2D eigenvalue weighted by atomic mass is 35.5. The van der Waals surface area contributed by atoms with Gasteiger partial charge in [-0.2, -0.15) is 0 Å². The second-order valence-electron chi connectivity index (χ2n) is 4.52. The van der Waals surface area contributed by atoms with Gasteiger partial charge in [0.2, 0.25) is 0 Å². The van der Waals surface area contributed by atoms with E-state index in [2.05, 4.69) is 4.99 Å². The Morgan fingerprint density at radius 2 is 1.79 bits per heavy atom.